The highest BCUT2D eigenvalue weighted by molar-refractivity contribution is 5.79. The molecule has 2 saturated carbocycles. The molecule has 2 atom stereocenters. The largest absolute Gasteiger partial charge is 0.480 e. The second-order valence-corrected chi connectivity index (χ2v) is 7.35. The molecule has 2 aliphatic carbocycles. The van der Waals surface area contributed by atoms with E-state index in [1.165, 1.54) is 25.8 Å². The zero-order chi connectivity index (χ0) is 15.5. The van der Waals surface area contributed by atoms with E-state index in [4.69, 9.17) is 0 Å². The summed E-state index contributed by atoms with van der Waals surface area (Å²) in [4.78, 5) is 14.3. The molecule has 0 saturated heterocycles. The first kappa shape index (κ1) is 16.8. The molecular formula is C17H32N2O2. The van der Waals surface area contributed by atoms with Gasteiger partial charge < -0.3 is 15.3 Å². The first-order valence-corrected chi connectivity index (χ1v) is 8.66. The van der Waals surface area contributed by atoms with Gasteiger partial charge in [-0.3, -0.25) is 4.79 Å². The summed E-state index contributed by atoms with van der Waals surface area (Å²) in [5.41, 5.74) is -0.673. The van der Waals surface area contributed by atoms with Crippen molar-refractivity contribution in [3.8, 4) is 0 Å². The standard InChI is InChI=1S/C17H32N2O2/c1-13(2)8-11-19(15-6-7-15)12-9-14-5-4-10-17(14,18-3)16(20)21/h13-15,18H,4-12H2,1-3H3,(H,20,21). The van der Waals surface area contributed by atoms with Crippen LogP contribution in [0.5, 0.6) is 0 Å². The summed E-state index contributed by atoms with van der Waals surface area (Å²) in [6, 6.07) is 0.777. The molecule has 0 heterocycles. The first-order valence-electron chi connectivity index (χ1n) is 8.66. The molecular weight excluding hydrogens is 264 g/mol. The summed E-state index contributed by atoms with van der Waals surface area (Å²) in [5.74, 6) is 0.362. The molecule has 0 radical (unpaired) electrons. The summed E-state index contributed by atoms with van der Waals surface area (Å²) in [5, 5.41) is 12.7. The molecule has 0 aromatic heterocycles. The van der Waals surface area contributed by atoms with Gasteiger partial charge in [0, 0.05) is 6.04 Å². The van der Waals surface area contributed by atoms with Crippen LogP contribution >= 0.6 is 0 Å². The quantitative estimate of drug-likeness (QED) is 0.687. The van der Waals surface area contributed by atoms with Crippen LogP contribution in [0.2, 0.25) is 0 Å². The fourth-order valence-corrected chi connectivity index (χ4v) is 3.85. The van der Waals surface area contributed by atoms with Crippen LogP contribution in [-0.2, 0) is 4.79 Å². The predicted octanol–water partition coefficient (Wildman–Crippen LogP) is 2.73. The lowest BCUT2D eigenvalue weighted by atomic mass is 9.84. The maximum atomic E-state index is 11.7. The van der Waals surface area contributed by atoms with E-state index in [0.717, 1.165) is 44.2 Å². The summed E-state index contributed by atoms with van der Waals surface area (Å²) >= 11 is 0. The van der Waals surface area contributed by atoms with E-state index in [-0.39, 0.29) is 5.92 Å². The van der Waals surface area contributed by atoms with Gasteiger partial charge in [-0.25, -0.2) is 0 Å². The van der Waals surface area contributed by atoms with Crippen molar-refractivity contribution in [2.75, 3.05) is 20.1 Å². The number of carboxylic acid groups (broad SMARTS) is 1. The molecule has 4 heteroatoms. The Morgan fingerprint density at radius 2 is 2.05 bits per heavy atom. The Morgan fingerprint density at radius 1 is 1.33 bits per heavy atom. The van der Waals surface area contributed by atoms with E-state index < -0.39 is 11.5 Å². The third-order valence-corrected chi connectivity index (χ3v) is 5.47. The SMILES string of the molecule is CNC1(C(=O)O)CCCC1CCN(CCC(C)C)C1CC1. The van der Waals surface area contributed by atoms with Crippen molar-refractivity contribution in [1.82, 2.24) is 10.2 Å². The van der Waals surface area contributed by atoms with E-state index in [0.29, 0.717) is 0 Å². The van der Waals surface area contributed by atoms with Gasteiger partial charge in [-0.1, -0.05) is 20.3 Å². The van der Waals surface area contributed by atoms with Crippen LogP contribution in [0.1, 0.15) is 58.8 Å². The van der Waals surface area contributed by atoms with E-state index >= 15 is 0 Å². The Balaban J connectivity index is 1.89. The molecule has 2 unspecified atom stereocenters. The molecule has 0 aliphatic heterocycles. The van der Waals surface area contributed by atoms with E-state index in [9.17, 15) is 9.90 Å². The highest BCUT2D eigenvalue weighted by Crippen LogP contribution is 2.39. The van der Waals surface area contributed by atoms with Crippen LogP contribution in [-0.4, -0.2) is 47.7 Å². The van der Waals surface area contributed by atoms with Crippen molar-refractivity contribution in [3.63, 3.8) is 0 Å². The number of likely N-dealkylation sites (N-methyl/N-ethyl adjacent to an activating group) is 1. The number of carboxylic acids is 1. The molecule has 2 aliphatic rings. The summed E-state index contributed by atoms with van der Waals surface area (Å²) in [6.45, 7) is 6.80. The second kappa shape index (κ2) is 7.10. The minimum Gasteiger partial charge on any atom is -0.480 e. The van der Waals surface area contributed by atoms with Gasteiger partial charge in [0.2, 0.25) is 0 Å². The average molecular weight is 296 g/mol. The molecule has 0 aromatic rings. The fraction of sp³-hybridized carbons (Fsp3) is 0.941. The third-order valence-electron chi connectivity index (χ3n) is 5.47. The van der Waals surface area contributed by atoms with Crippen molar-refractivity contribution in [2.45, 2.75) is 70.4 Å². The van der Waals surface area contributed by atoms with Crippen molar-refractivity contribution < 1.29 is 9.90 Å². The number of hydrogen-bond donors (Lipinski definition) is 2. The lowest BCUT2D eigenvalue weighted by molar-refractivity contribution is -0.146. The van der Waals surface area contributed by atoms with Gasteiger partial charge in [0.25, 0.3) is 0 Å². The van der Waals surface area contributed by atoms with Gasteiger partial charge in [-0.2, -0.15) is 0 Å². The van der Waals surface area contributed by atoms with Crippen LogP contribution < -0.4 is 5.32 Å². The molecule has 0 spiro atoms. The maximum absolute atomic E-state index is 11.7. The van der Waals surface area contributed by atoms with Crippen LogP contribution in [0.3, 0.4) is 0 Å². The minimum absolute atomic E-state index is 0.278. The molecule has 2 fully saturated rings. The van der Waals surface area contributed by atoms with Gasteiger partial charge >= 0.3 is 5.97 Å². The smallest absolute Gasteiger partial charge is 0.324 e. The minimum atomic E-state index is -0.673. The second-order valence-electron chi connectivity index (χ2n) is 7.35. The normalized spacial score (nSPS) is 29.5. The lowest BCUT2D eigenvalue weighted by Crippen LogP contribution is -2.53. The van der Waals surface area contributed by atoms with Gasteiger partial charge in [-0.15, -0.1) is 0 Å². The Morgan fingerprint density at radius 3 is 2.57 bits per heavy atom. The highest BCUT2D eigenvalue weighted by Gasteiger charge is 2.48. The van der Waals surface area contributed by atoms with Crippen molar-refractivity contribution in [3.05, 3.63) is 0 Å². The Kier molecular flexibility index (Phi) is 5.67. The van der Waals surface area contributed by atoms with E-state index in [2.05, 4.69) is 24.1 Å². The molecule has 4 nitrogen and oxygen atoms in total. The Bertz CT molecular complexity index is 355. The van der Waals surface area contributed by atoms with Gasteiger partial charge in [0.1, 0.15) is 5.54 Å². The number of nitrogens with one attached hydrogen (secondary N) is 1. The summed E-state index contributed by atoms with van der Waals surface area (Å²) in [6.07, 6.45) is 7.79. The van der Waals surface area contributed by atoms with Crippen LogP contribution in [0.15, 0.2) is 0 Å². The van der Waals surface area contributed by atoms with Gasteiger partial charge in [-0.05, 0) is 70.5 Å². The molecule has 122 valence electrons. The molecule has 2 N–H and O–H groups in total. The Hall–Kier alpha value is -0.610. The van der Waals surface area contributed by atoms with Crippen molar-refractivity contribution in [1.29, 1.82) is 0 Å². The number of rotatable bonds is 9. The molecule has 0 aromatic carbocycles. The van der Waals surface area contributed by atoms with Crippen LogP contribution in [0.4, 0.5) is 0 Å². The predicted molar refractivity (Wildman–Crippen MR) is 85.4 cm³/mol. The lowest BCUT2D eigenvalue weighted by Gasteiger charge is -2.33. The van der Waals surface area contributed by atoms with E-state index in [1.54, 1.807) is 0 Å². The highest BCUT2D eigenvalue weighted by atomic mass is 16.4. The topological polar surface area (TPSA) is 52.6 Å². The average Bonchev–Trinajstić information content (AvgIpc) is 3.18. The maximum Gasteiger partial charge on any atom is 0.324 e. The number of carbonyl (C=O) groups is 1. The first-order chi connectivity index (χ1) is 9.99. The van der Waals surface area contributed by atoms with Gasteiger partial charge in [0.05, 0.1) is 0 Å². The number of hydrogen-bond acceptors (Lipinski definition) is 3. The third kappa shape index (κ3) is 3.98. The number of aliphatic carboxylic acids is 1. The zero-order valence-electron chi connectivity index (χ0n) is 13.9. The Labute approximate surface area is 129 Å². The molecule has 0 amide bonds. The summed E-state index contributed by atoms with van der Waals surface area (Å²) in [7, 11) is 1.81. The van der Waals surface area contributed by atoms with Gasteiger partial charge in [0.15, 0.2) is 0 Å². The number of nitrogens with zero attached hydrogens (tertiary/aromatic N) is 1. The molecule has 0 bridgehead atoms. The monoisotopic (exact) mass is 296 g/mol. The zero-order valence-corrected chi connectivity index (χ0v) is 13.9. The van der Waals surface area contributed by atoms with Crippen molar-refractivity contribution in [2.24, 2.45) is 11.8 Å². The van der Waals surface area contributed by atoms with E-state index in [1.807, 2.05) is 7.05 Å². The van der Waals surface area contributed by atoms with Crippen LogP contribution in [0.25, 0.3) is 0 Å². The molecule has 21 heavy (non-hydrogen) atoms. The van der Waals surface area contributed by atoms with Crippen LogP contribution in [0, 0.1) is 11.8 Å². The molecule has 2 rings (SSSR count). The summed E-state index contributed by atoms with van der Waals surface area (Å²) < 4.78 is 0. The van der Waals surface area contributed by atoms with Crippen molar-refractivity contribution >= 4 is 5.97 Å². The fourth-order valence-electron chi connectivity index (χ4n) is 3.85.